The van der Waals surface area contributed by atoms with Gasteiger partial charge in [0.25, 0.3) is 0 Å². The second kappa shape index (κ2) is 8.81. The Bertz CT molecular complexity index is 743. The van der Waals surface area contributed by atoms with Gasteiger partial charge in [0, 0.05) is 55.5 Å². The van der Waals surface area contributed by atoms with Gasteiger partial charge in [0.2, 0.25) is 0 Å². The van der Waals surface area contributed by atoms with Gasteiger partial charge in [-0.1, -0.05) is 29.8 Å². The molecule has 2 atom stereocenters. The van der Waals surface area contributed by atoms with Crippen LogP contribution < -0.4 is 4.90 Å². The van der Waals surface area contributed by atoms with E-state index in [1.807, 2.05) is 24.4 Å². The number of piperidine rings is 1. The molecule has 2 aliphatic heterocycles. The van der Waals surface area contributed by atoms with Gasteiger partial charge in [-0.2, -0.15) is 0 Å². The molecular weight excluding hydrogens is 368 g/mol. The van der Waals surface area contributed by atoms with Gasteiger partial charge in [0.15, 0.2) is 0 Å². The SMILES string of the molecule is C[C@H]1CN(C2CCN(c3ccccn3)CC2)[C@@H](Cc2ccc(Cl)cc2)CN1C. The van der Waals surface area contributed by atoms with Crippen LogP contribution in [-0.4, -0.2) is 66.1 Å². The number of benzene rings is 1. The van der Waals surface area contributed by atoms with Crippen LogP contribution in [0.4, 0.5) is 5.82 Å². The van der Waals surface area contributed by atoms with Crippen molar-refractivity contribution in [2.75, 3.05) is 38.1 Å². The van der Waals surface area contributed by atoms with E-state index in [0.717, 1.165) is 43.4 Å². The second-order valence-electron chi connectivity index (χ2n) is 8.38. The van der Waals surface area contributed by atoms with E-state index in [1.165, 1.54) is 18.4 Å². The predicted molar refractivity (Wildman–Crippen MR) is 117 cm³/mol. The van der Waals surface area contributed by atoms with Crippen LogP contribution in [0.15, 0.2) is 48.7 Å². The summed E-state index contributed by atoms with van der Waals surface area (Å²) in [5.74, 6) is 1.12. The maximum atomic E-state index is 6.08. The lowest BCUT2D eigenvalue weighted by molar-refractivity contribution is 0.0130. The van der Waals surface area contributed by atoms with E-state index in [0.29, 0.717) is 18.1 Å². The number of halogens is 1. The van der Waals surface area contributed by atoms with Crippen molar-refractivity contribution in [2.24, 2.45) is 0 Å². The minimum atomic E-state index is 0.564. The quantitative estimate of drug-likeness (QED) is 0.777. The van der Waals surface area contributed by atoms with Crippen LogP contribution in [0.5, 0.6) is 0 Å². The fourth-order valence-electron chi connectivity index (χ4n) is 4.70. The summed E-state index contributed by atoms with van der Waals surface area (Å²) in [6, 6.07) is 16.4. The molecule has 1 aromatic heterocycles. The third-order valence-electron chi connectivity index (χ3n) is 6.49. The second-order valence-corrected chi connectivity index (χ2v) is 8.81. The molecule has 0 N–H and O–H groups in total. The van der Waals surface area contributed by atoms with Crippen molar-refractivity contribution in [1.82, 2.24) is 14.8 Å². The van der Waals surface area contributed by atoms with Gasteiger partial charge in [0.1, 0.15) is 5.82 Å². The first-order chi connectivity index (χ1) is 13.6. The molecule has 0 amide bonds. The van der Waals surface area contributed by atoms with E-state index >= 15 is 0 Å². The topological polar surface area (TPSA) is 22.6 Å². The highest BCUT2D eigenvalue weighted by atomic mass is 35.5. The zero-order chi connectivity index (χ0) is 19.5. The first-order valence-electron chi connectivity index (χ1n) is 10.5. The number of likely N-dealkylation sites (N-methyl/N-ethyl adjacent to an activating group) is 1. The van der Waals surface area contributed by atoms with Crippen molar-refractivity contribution in [3.8, 4) is 0 Å². The van der Waals surface area contributed by atoms with Crippen molar-refractivity contribution in [2.45, 2.75) is 44.3 Å². The third-order valence-corrected chi connectivity index (χ3v) is 6.74. The summed E-state index contributed by atoms with van der Waals surface area (Å²) >= 11 is 6.08. The van der Waals surface area contributed by atoms with Crippen molar-refractivity contribution in [3.05, 3.63) is 59.2 Å². The Labute approximate surface area is 174 Å². The molecule has 0 saturated carbocycles. The maximum absolute atomic E-state index is 6.08. The summed E-state index contributed by atoms with van der Waals surface area (Å²) in [6.07, 6.45) is 5.41. The molecule has 2 aromatic rings. The standard InChI is InChI=1S/C23H31ClN4/c1-18-16-28(21-10-13-27(14-11-21)23-5-3-4-12-25-23)22(17-26(18)2)15-19-6-8-20(24)9-7-19/h3-9,12,18,21-22H,10-11,13-17H2,1-2H3/t18-,22-/m0/s1. The largest absolute Gasteiger partial charge is 0.357 e. The number of nitrogens with zero attached hydrogens (tertiary/aromatic N) is 4. The molecule has 4 rings (SSSR count). The maximum Gasteiger partial charge on any atom is 0.128 e. The van der Waals surface area contributed by atoms with E-state index in [9.17, 15) is 0 Å². The highest BCUT2D eigenvalue weighted by Crippen LogP contribution is 2.27. The Balaban J connectivity index is 1.43. The number of pyridine rings is 1. The van der Waals surface area contributed by atoms with Crippen molar-refractivity contribution < 1.29 is 0 Å². The molecule has 5 heteroatoms. The molecule has 4 nitrogen and oxygen atoms in total. The fraction of sp³-hybridized carbons (Fsp3) is 0.522. The van der Waals surface area contributed by atoms with Crippen LogP contribution in [0.1, 0.15) is 25.3 Å². The Hall–Kier alpha value is -1.62. The molecular formula is C23H31ClN4. The van der Waals surface area contributed by atoms with E-state index in [2.05, 4.69) is 57.9 Å². The molecule has 0 radical (unpaired) electrons. The average Bonchev–Trinajstić information content (AvgIpc) is 2.73. The minimum absolute atomic E-state index is 0.564. The summed E-state index contributed by atoms with van der Waals surface area (Å²) in [5, 5.41) is 0.817. The van der Waals surface area contributed by atoms with Gasteiger partial charge in [-0.05, 0) is 63.1 Å². The van der Waals surface area contributed by atoms with Gasteiger partial charge in [-0.15, -0.1) is 0 Å². The van der Waals surface area contributed by atoms with Gasteiger partial charge >= 0.3 is 0 Å². The van der Waals surface area contributed by atoms with E-state index < -0.39 is 0 Å². The number of rotatable bonds is 4. The first kappa shape index (κ1) is 19.7. The first-order valence-corrected chi connectivity index (χ1v) is 10.8. The lowest BCUT2D eigenvalue weighted by Gasteiger charge is -2.49. The summed E-state index contributed by atoms with van der Waals surface area (Å²) < 4.78 is 0. The monoisotopic (exact) mass is 398 g/mol. The van der Waals surface area contributed by atoms with Gasteiger partial charge in [-0.3, -0.25) is 4.90 Å². The Morgan fingerprint density at radius 3 is 2.46 bits per heavy atom. The molecule has 2 saturated heterocycles. The van der Waals surface area contributed by atoms with E-state index in [-0.39, 0.29) is 0 Å². The third kappa shape index (κ3) is 4.51. The molecule has 28 heavy (non-hydrogen) atoms. The predicted octanol–water partition coefficient (Wildman–Crippen LogP) is 3.95. The molecule has 1 aromatic carbocycles. The van der Waals surface area contributed by atoms with Crippen LogP contribution >= 0.6 is 11.6 Å². The summed E-state index contributed by atoms with van der Waals surface area (Å²) in [5.41, 5.74) is 1.38. The summed E-state index contributed by atoms with van der Waals surface area (Å²) in [6.45, 7) is 6.83. The molecule has 2 fully saturated rings. The highest BCUT2D eigenvalue weighted by molar-refractivity contribution is 6.30. The molecule has 0 spiro atoms. The van der Waals surface area contributed by atoms with Crippen LogP contribution in [0.2, 0.25) is 5.02 Å². The highest BCUT2D eigenvalue weighted by Gasteiger charge is 2.35. The normalized spacial score (nSPS) is 25.2. The minimum Gasteiger partial charge on any atom is -0.357 e. The molecule has 0 aliphatic carbocycles. The Kier molecular flexibility index (Phi) is 6.19. The lowest BCUT2D eigenvalue weighted by Crippen LogP contribution is -2.61. The molecule has 150 valence electrons. The van der Waals surface area contributed by atoms with Gasteiger partial charge < -0.3 is 9.80 Å². The number of aromatic nitrogens is 1. The fourth-order valence-corrected chi connectivity index (χ4v) is 4.83. The molecule has 0 bridgehead atoms. The van der Waals surface area contributed by atoms with Crippen molar-refractivity contribution in [3.63, 3.8) is 0 Å². The van der Waals surface area contributed by atoms with Crippen LogP contribution in [0, 0.1) is 0 Å². The molecule has 0 unspecified atom stereocenters. The zero-order valence-corrected chi connectivity index (χ0v) is 17.7. The smallest absolute Gasteiger partial charge is 0.128 e. The van der Waals surface area contributed by atoms with Gasteiger partial charge in [0.05, 0.1) is 0 Å². The lowest BCUT2D eigenvalue weighted by atomic mass is 9.94. The number of hydrogen-bond acceptors (Lipinski definition) is 4. The molecule has 2 aliphatic rings. The molecule has 3 heterocycles. The summed E-state index contributed by atoms with van der Waals surface area (Å²) in [4.78, 5) is 12.3. The Morgan fingerprint density at radius 1 is 1.04 bits per heavy atom. The van der Waals surface area contributed by atoms with Crippen LogP contribution in [-0.2, 0) is 6.42 Å². The van der Waals surface area contributed by atoms with E-state index in [4.69, 9.17) is 11.6 Å². The van der Waals surface area contributed by atoms with Crippen LogP contribution in [0.25, 0.3) is 0 Å². The Morgan fingerprint density at radius 2 is 1.79 bits per heavy atom. The van der Waals surface area contributed by atoms with Gasteiger partial charge in [-0.25, -0.2) is 4.98 Å². The number of hydrogen-bond donors (Lipinski definition) is 0. The van der Waals surface area contributed by atoms with Crippen molar-refractivity contribution >= 4 is 17.4 Å². The number of anilines is 1. The van der Waals surface area contributed by atoms with Crippen LogP contribution in [0.3, 0.4) is 0 Å². The number of piperazine rings is 1. The van der Waals surface area contributed by atoms with Crippen molar-refractivity contribution in [1.29, 1.82) is 0 Å². The summed E-state index contributed by atoms with van der Waals surface area (Å²) in [7, 11) is 2.26. The zero-order valence-electron chi connectivity index (χ0n) is 17.0. The van der Waals surface area contributed by atoms with E-state index in [1.54, 1.807) is 0 Å². The average molecular weight is 399 g/mol.